The highest BCUT2D eigenvalue weighted by Crippen LogP contribution is 2.17. The second kappa shape index (κ2) is 8.52. The first-order valence-corrected chi connectivity index (χ1v) is 8.98. The standard InChI is InChI=1S/C20H28N2O3/c1-24-15-19(23)14-22(17-8-9-17)13-18-6-4-10-21(18)12-16-5-3-7-20(11-16)25-2/h3-7,10-11,17,19,23H,8-9,12-15H2,1-2H3/p+1/t19-/m0/s1. The Bertz CT molecular complexity index is 666. The van der Waals surface area contributed by atoms with Gasteiger partial charge >= 0.3 is 0 Å². The van der Waals surface area contributed by atoms with Crippen LogP contribution in [0.25, 0.3) is 0 Å². The number of nitrogens with zero attached hydrogens (tertiary/aromatic N) is 1. The molecule has 2 N–H and O–H groups in total. The zero-order valence-electron chi connectivity index (χ0n) is 15.1. The molecule has 2 aromatic rings. The molecule has 0 amide bonds. The predicted octanol–water partition coefficient (Wildman–Crippen LogP) is 1.10. The van der Waals surface area contributed by atoms with Gasteiger partial charge in [0, 0.05) is 32.7 Å². The molecule has 1 unspecified atom stereocenters. The first-order valence-electron chi connectivity index (χ1n) is 8.98. The molecule has 1 aromatic carbocycles. The van der Waals surface area contributed by atoms with E-state index in [4.69, 9.17) is 9.47 Å². The van der Waals surface area contributed by atoms with Crippen LogP contribution in [0.4, 0.5) is 0 Å². The number of methoxy groups -OCH3 is 2. The van der Waals surface area contributed by atoms with Gasteiger partial charge < -0.3 is 24.0 Å². The third-order valence-electron chi connectivity index (χ3n) is 4.83. The maximum absolute atomic E-state index is 10.1. The quantitative estimate of drug-likeness (QED) is 0.678. The summed E-state index contributed by atoms with van der Waals surface area (Å²) in [6, 6.07) is 13.2. The number of nitrogens with one attached hydrogen (secondary N) is 1. The van der Waals surface area contributed by atoms with Crippen LogP contribution in [0, 0.1) is 0 Å². The predicted molar refractivity (Wildman–Crippen MR) is 97.0 cm³/mol. The molecule has 3 rings (SSSR count). The lowest BCUT2D eigenvalue weighted by Gasteiger charge is -2.23. The van der Waals surface area contributed by atoms with E-state index in [9.17, 15) is 5.11 Å². The van der Waals surface area contributed by atoms with Gasteiger partial charge in [-0.15, -0.1) is 0 Å². The minimum absolute atomic E-state index is 0.401. The SMILES string of the molecule is COC[C@@H](O)C[NH+](Cc1cccn1Cc1cccc(OC)c1)C1CC1. The monoisotopic (exact) mass is 345 g/mol. The van der Waals surface area contributed by atoms with Crippen LogP contribution in [0.5, 0.6) is 5.75 Å². The molecule has 0 aliphatic heterocycles. The van der Waals surface area contributed by atoms with Crippen LogP contribution in [0.3, 0.4) is 0 Å². The molecule has 0 saturated heterocycles. The number of hydrogen-bond acceptors (Lipinski definition) is 3. The molecule has 0 radical (unpaired) electrons. The first kappa shape index (κ1) is 18.0. The van der Waals surface area contributed by atoms with Crippen molar-refractivity contribution in [2.45, 2.75) is 38.1 Å². The third kappa shape index (κ3) is 5.08. The second-order valence-electron chi connectivity index (χ2n) is 6.90. The van der Waals surface area contributed by atoms with Crippen molar-refractivity contribution in [3.05, 3.63) is 53.9 Å². The summed E-state index contributed by atoms with van der Waals surface area (Å²) in [7, 11) is 3.34. The Labute approximate surface area is 149 Å². The molecule has 1 fully saturated rings. The molecule has 5 nitrogen and oxygen atoms in total. The smallest absolute Gasteiger partial charge is 0.126 e. The van der Waals surface area contributed by atoms with Crippen molar-refractivity contribution in [2.75, 3.05) is 27.4 Å². The van der Waals surface area contributed by atoms with Gasteiger partial charge in [0.05, 0.1) is 25.5 Å². The average molecular weight is 345 g/mol. The van der Waals surface area contributed by atoms with Gasteiger partial charge in [0.15, 0.2) is 0 Å². The van der Waals surface area contributed by atoms with Gasteiger partial charge in [0.1, 0.15) is 24.9 Å². The van der Waals surface area contributed by atoms with Crippen LogP contribution in [0.15, 0.2) is 42.6 Å². The lowest BCUT2D eigenvalue weighted by atomic mass is 10.2. The van der Waals surface area contributed by atoms with Gasteiger partial charge in [0.2, 0.25) is 0 Å². The Morgan fingerprint density at radius 1 is 1.24 bits per heavy atom. The van der Waals surface area contributed by atoms with Gasteiger partial charge in [-0.1, -0.05) is 12.1 Å². The number of aromatic nitrogens is 1. The normalized spacial score (nSPS) is 16.6. The number of quaternary nitrogens is 1. The molecule has 0 spiro atoms. The molecular weight excluding hydrogens is 316 g/mol. The Hall–Kier alpha value is -1.82. The molecule has 5 heteroatoms. The highest BCUT2D eigenvalue weighted by molar-refractivity contribution is 5.29. The molecule has 1 aromatic heterocycles. The van der Waals surface area contributed by atoms with Crippen molar-refractivity contribution in [3.63, 3.8) is 0 Å². The topological polar surface area (TPSA) is 48.1 Å². The van der Waals surface area contributed by atoms with Crippen LogP contribution in [-0.4, -0.2) is 49.2 Å². The van der Waals surface area contributed by atoms with Crippen molar-refractivity contribution < 1.29 is 19.5 Å². The second-order valence-corrected chi connectivity index (χ2v) is 6.90. The molecule has 1 aliphatic rings. The van der Waals surface area contributed by atoms with Crippen molar-refractivity contribution in [2.24, 2.45) is 0 Å². The van der Waals surface area contributed by atoms with E-state index < -0.39 is 6.10 Å². The van der Waals surface area contributed by atoms with E-state index in [1.807, 2.05) is 12.1 Å². The first-order chi connectivity index (χ1) is 12.2. The Morgan fingerprint density at radius 2 is 2.08 bits per heavy atom. The molecule has 1 heterocycles. The summed E-state index contributed by atoms with van der Waals surface area (Å²) in [6.07, 6.45) is 4.24. The molecule has 0 bridgehead atoms. The van der Waals surface area contributed by atoms with E-state index in [0.717, 1.165) is 25.4 Å². The van der Waals surface area contributed by atoms with Gasteiger partial charge in [0.25, 0.3) is 0 Å². The van der Waals surface area contributed by atoms with Gasteiger partial charge in [-0.05, 0) is 29.8 Å². The van der Waals surface area contributed by atoms with Crippen molar-refractivity contribution in [3.8, 4) is 5.75 Å². The number of aliphatic hydroxyl groups excluding tert-OH is 1. The minimum Gasteiger partial charge on any atom is -0.497 e. The van der Waals surface area contributed by atoms with Gasteiger partial charge in [-0.2, -0.15) is 0 Å². The van der Waals surface area contributed by atoms with E-state index in [-0.39, 0.29) is 0 Å². The summed E-state index contributed by atoms with van der Waals surface area (Å²) < 4.78 is 12.7. The lowest BCUT2D eigenvalue weighted by molar-refractivity contribution is -0.928. The maximum atomic E-state index is 10.1. The summed E-state index contributed by atoms with van der Waals surface area (Å²) in [5, 5.41) is 10.1. The van der Waals surface area contributed by atoms with Crippen LogP contribution in [-0.2, 0) is 17.8 Å². The number of ether oxygens (including phenoxy) is 2. The molecule has 2 atom stereocenters. The molecule has 136 valence electrons. The molecular formula is C20H29N2O3+. The van der Waals surface area contributed by atoms with E-state index in [1.54, 1.807) is 14.2 Å². The van der Waals surface area contributed by atoms with Crippen molar-refractivity contribution in [1.29, 1.82) is 0 Å². The Morgan fingerprint density at radius 3 is 2.80 bits per heavy atom. The van der Waals surface area contributed by atoms with E-state index >= 15 is 0 Å². The van der Waals surface area contributed by atoms with E-state index in [2.05, 4.69) is 35.0 Å². The summed E-state index contributed by atoms with van der Waals surface area (Å²) in [6.45, 7) is 2.91. The summed E-state index contributed by atoms with van der Waals surface area (Å²) in [5.41, 5.74) is 2.53. The number of rotatable bonds is 10. The molecule has 1 aliphatic carbocycles. The van der Waals surface area contributed by atoms with Crippen molar-refractivity contribution in [1.82, 2.24) is 4.57 Å². The van der Waals surface area contributed by atoms with Gasteiger partial charge in [-0.25, -0.2) is 0 Å². The highest BCUT2D eigenvalue weighted by Gasteiger charge is 2.34. The zero-order chi connectivity index (χ0) is 17.6. The summed E-state index contributed by atoms with van der Waals surface area (Å²) >= 11 is 0. The number of aliphatic hydroxyl groups is 1. The number of hydrogen-bond donors (Lipinski definition) is 2. The van der Waals surface area contributed by atoms with Crippen LogP contribution in [0.2, 0.25) is 0 Å². The van der Waals surface area contributed by atoms with Crippen LogP contribution >= 0.6 is 0 Å². The number of benzene rings is 1. The van der Waals surface area contributed by atoms with Gasteiger partial charge in [-0.3, -0.25) is 0 Å². The summed E-state index contributed by atoms with van der Waals surface area (Å²) in [4.78, 5) is 1.45. The highest BCUT2D eigenvalue weighted by atomic mass is 16.5. The fourth-order valence-electron chi connectivity index (χ4n) is 3.39. The Balaban J connectivity index is 1.67. The minimum atomic E-state index is -0.401. The van der Waals surface area contributed by atoms with Crippen LogP contribution in [0.1, 0.15) is 24.1 Å². The van der Waals surface area contributed by atoms with Crippen LogP contribution < -0.4 is 9.64 Å². The fourth-order valence-corrected chi connectivity index (χ4v) is 3.39. The fraction of sp³-hybridized carbons (Fsp3) is 0.500. The zero-order valence-corrected chi connectivity index (χ0v) is 15.1. The lowest BCUT2D eigenvalue weighted by Crippen LogP contribution is -3.13. The summed E-state index contributed by atoms with van der Waals surface area (Å²) in [5.74, 6) is 0.888. The molecule has 1 saturated carbocycles. The average Bonchev–Trinajstić information content (AvgIpc) is 3.37. The maximum Gasteiger partial charge on any atom is 0.126 e. The molecule has 25 heavy (non-hydrogen) atoms. The van der Waals surface area contributed by atoms with E-state index in [1.165, 1.54) is 29.0 Å². The Kier molecular flexibility index (Phi) is 6.13. The van der Waals surface area contributed by atoms with Crippen molar-refractivity contribution >= 4 is 0 Å². The largest absolute Gasteiger partial charge is 0.497 e. The van der Waals surface area contributed by atoms with E-state index in [0.29, 0.717) is 12.6 Å². The third-order valence-corrected chi connectivity index (χ3v) is 4.83.